The Hall–Kier alpha value is -2.65. The molecule has 1 aliphatic carbocycles. The fraction of sp³-hybridized carbons (Fsp3) is 0.400. The average Bonchev–Trinajstić information content (AvgIpc) is 3.33. The van der Waals surface area contributed by atoms with Crippen LogP contribution in [0.4, 0.5) is 0 Å². The molecule has 1 aliphatic heterocycles. The number of nitrogens with zero attached hydrogens (tertiary/aromatic N) is 2. The molecule has 8 nitrogen and oxygen atoms in total. The zero-order valence-corrected chi connectivity index (χ0v) is 17.1. The van der Waals surface area contributed by atoms with Crippen molar-refractivity contribution in [3.63, 3.8) is 0 Å². The molecule has 2 fully saturated rings. The molecule has 1 amide bonds. The van der Waals surface area contributed by atoms with E-state index in [0.29, 0.717) is 23.6 Å². The van der Waals surface area contributed by atoms with E-state index in [1.54, 1.807) is 29.2 Å². The van der Waals surface area contributed by atoms with E-state index in [1.165, 1.54) is 32.7 Å². The Morgan fingerprint density at radius 1 is 1.17 bits per heavy atom. The lowest BCUT2D eigenvalue weighted by molar-refractivity contribution is 0.0677. The Morgan fingerprint density at radius 2 is 1.90 bits per heavy atom. The van der Waals surface area contributed by atoms with Gasteiger partial charge >= 0.3 is 0 Å². The number of likely N-dealkylation sites (tertiary alicyclic amines) is 1. The molecule has 0 unspecified atom stereocenters. The number of hydrogen-bond acceptors (Lipinski definition) is 6. The number of carbonyl (C=O) groups excluding carboxylic acids is 1. The van der Waals surface area contributed by atoms with Gasteiger partial charge in [-0.15, -0.1) is 0 Å². The topological polar surface area (TPSA) is 97.8 Å². The minimum Gasteiger partial charge on any atom is -0.497 e. The first-order valence-electron chi connectivity index (χ1n) is 9.37. The predicted molar refractivity (Wildman–Crippen MR) is 105 cm³/mol. The molecule has 2 bridgehead atoms. The van der Waals surface area contributed by atoms with Crippen LogP contribution in [-0.2, 0) is 10.0 Å². The van der Waals surface area contributed by atoms with Gasteiger partial charge in [-0.2, -0.15) is 0 Å². The summed E-state index contributed by atoms with van der Waals surface area (Å²) in [5, 5.41) is 0. The third kappa shape index (κ3) is 3.79. The van der Waals surface area contributed by atoms with E-state index in [4.69, 9.17) is 9.47 Å². The minimum absolute atomic E-state index is 0.123. The normalized spacial score (nSPS) is 23.2. The van der Waals surface area contributed by atoms with E-state index >= 15 is 0 Å². The first-order chi connectivity index (χ1) is 13.9. The van der Waals surface area contributed by atoms with Gasteiger partial charge in [0.25, 0.3) is 5.91 Å². The van der Waals surface area contributed by atoms with Gasteiger partial charge in [0.1, 0.15) is 16.4 Å². The molecule has 4 rings (SSSR count). The third-order valence-corrected chi connectivity index (χ3v) is 7.07. The van der Waals surface area contributed by atoms with Gasteiger partial charge in [0.05, 0.1) is 14.2 Å². The smallest absolute Gasteiger partial charge is 0.254 e. The van der Waals surface area contributed by atoms with Crippen LogP contribution in [0.2, 0.25) is 0 Å². The summed E-state index contributed by atoms with van der Waals surface area (Å²) in [7, 11) is -0.628. The number of piperidine rings is 1. The fourth-order valence-corrected chi connectivity index (χ4v) is 5.50. The first-order valence-corrected chi connectivity index (χ1v) is 10.9. The van der Waals surface area contributed by atoms with Crippen LogP contribution in [0.5, 0.6) is 11.5 Å². The van der Waals surface area contributed by atoms with Crippen molar-refractivity contribution in [1.82, 2.24) is 14.6 Å². The van der Waals surface area contributed by atoms with Crippen LogP contribution in [0.15, 0.2) is 47.6 Å². The molecule has 1 aromatic heterocycles. The number of aromatic nitrogens is 1. The highest BCUT2D eigenvalue weighted by Crippen LogP contribution is 2.39. The summed E-state index contributed by atoms with van der Waals surface area (Å²) in [6.45, 7) is 0.619. The molecule has 29 heavy (non-hydrogen) atoms. The number of nitrogens with one attached hydrogen (secondary N) is 1. The quantitative estimate of drug-likeness (QED) is 0.768. The predicted octanol–water partition coefficient (Wildman–Crippen LogP) is 1.68. The molecule has 0 radical (unpaired) electrons. The largest absolute Gasteiger partial charge is 0.497 e. The standard InChI is InChI=1S/C20H23N3O5S/c1-27-15-8-14(9-16(10-15)28-2)20(24)23-12-13-6-18(19(23)7-13)22-29(25,26)17-4-3-5-21-11-17/h3-5,8-11,13,18-19,22H,6-7,12H2,1-2H3/t13-,18+,19-/m1/s1. The Labute approximate surface area is 169 Å². The van der Waals surface area contributed by atoms with Crippen molar-refractivity contribution in [3.05, 3.63) is 48.3 Å². The number of carbonyl (C=O) groups is 1. The van der Waals surface area contributed by atoms with Crippen molar-refractivity contribution in [2.24, 2.45) is 5.92 Å². The number of ether oxygens (including phenoxy) is 2. The van der Waals surface area contributed by atoms with Crippen LogP contribution >= 0.6 is 0 Å². The van der Waals surface area contributed by atoms with Crippen LogP contribution in [0.3, 0.4) is 0 Å². The second-order valence-electron chi connectivity index (χ2n) is 7.38. The average molecular weight is 417 g/mol. The second kappa shape index (κ2) is 7.64. The van der Waals surface area contributed by atoms with Crippen molar-refractivity contribution >= 4 is 15.9 Å². The van der Waals surface area contributed by atoms with Gasteiger partial charge in [0.15, 0.2) is 0 Å². The summed E-state index contributed by atoms with van der Waals surface area (Å²) in [5.74, 6) is 1.19. The van der Waals surface area contributed by atoms with E-state index in [-0.39, 0.29) is 28.8 Å². The molecular weight excluding hydrogens is 394 g/mol. The number of methoxy groups -OCH3 is 2. The molecule has 2 aromatic rings. The van der Waals surface area contributed by atoms with Gasteiger partial charge in [-0.3, -0.25) is 9.78 Å². The van der Waals surface area contributed by atoms with Gasteiger partial charge in [-0.25, -0.2) is 13.1 Å². The summed E-state index contributed by atoms with van der Waals surface area (Å²) >= 11 is 0. The van der Waals surface area contributed by atoms with Crippen LogP contribution in [-0.4, -0.2) is 57.1 Å². The van der Waals surface area contributed by atoms with Crippen molar-refractivity contribution in [2.45, 2.75) is 29.8 Å². The summed E-state index contributed by atoms with van der Waals surface area (Å²) in [5.41, 5.74) is 0.461. The maximum atomic E-state index is 13.2. The SMILES string of the molecule is COc1cc(OC)cc(C(=O)N2C[C@@H]3C[C@H](NS(=O)(=O)c4cccnc4)[C@H]2C3)c1. The van der Waals surface area contributed by atoms with E-state index in [2.05, 4.69) is 9.71 Å². The van der Waals surface area contributed by atoms with Crippen molar-refractivity contribution < 1.29 is 22.7 Å². The molecule has 2 heterocycles. The third-order valence-electron chi connectivity index (χ3n) is 5.59. The second-order valence-corrected chi connectivity index (χ2v) is 9.09. The lowest BCUT2D eigenvalue weighted by Gasteiger charge is -2.33. The molecule has 1 saturated carbocycles. The Kier molecular flexibility index (Phi) is 5.18. The zero-order chi connectivity index (χ0) is 20.6. The van der Waals surface area contributed by atoms with E-state index < -0.39 is 10.0 Å². The molecule has 9 heteroatoms. The summed E-state index contributed by atoms with van der Waals surface area (Å²) < 4.78 is 38.7. The van der Waals surface area contributed by atoms with Crippen LogP contribution in [0, 0.1) is 5.92 Å². The van der Waals surface area contributed by atoms with Crippen LogP contribution < -0.4 is 14.2 Å². The van der Waals surface area contributed by atoms with E-state index in [1.807, 2.05) is 0 Å². The maximum absolute atomic E-state index is 13.2. The molecule has 0 spiro atoms. The van der Waals surface area contributed by atoms with Crippen molar-refractivity contribution in [2.75, 3.05) is 20.8 Å². The van der Waals surface area contributed by atoms with Gasteiger partial charge in [-0.1, -0.05) is 0 Å². The number of sulfonamides is 1. The Balaban J connectivity index is 1.55. The highest BCUT2D eigenvalue weighted by molar-refractivity contribution is 7.89. The highest BCUT2D eigenvalue weighted by Gasteiger charge is 2.48. The molecule has 1 saturated heterocycles. The van der Waals surface area contributed by atoms with Crippen LogP contribution in [0.25, 0.3) is 0 Å². The molecule has 1 aromatic carbocycles. The number of benzene rings is 1. The number of amides is 1. The van der Waals surface area contributed by atoms with Crippen LogP contribution in [0.1, 0.15) is 23.2 Å². The van der Waals surface area contributed by atoms with Crippen molar-refractivity contribution in [3.8, 4) is 11.5 Å². The van der Waals surface area contributed by atoms with Crippen molar-refractivity contribution in [1.29, 1.82) is 0 Å². The molecular formula is C20H23N3O5S. The number of hydrogen-bond donors (Lipinski definition) is 1. The monoisotopic (exact) mass is 417 g/mol. The maximum Gasteiger partial charge on any atom is 0.254 e. The Morgan fingerprint density at radius 3 is 2.48 bits per heavy atom. The lowest BCUT2D eigenvalue weighted by atomic mass is 10.0. The zero-order valence-electron chi connectivity index (χ0n) is 16.2. The number of rotatable bonds is 6. The van der Waals surface area contributed by atoms with E-state index in [0.717, 1.165) is 12.8 Å². The molecule has 2 aliphatic rings. The van der Waals surface area contributed by atoms with Gasteiger partial charge < -0.3 is 14.4 Å². The fourth-order valence-electron chi connectivity index (χ4n) is 4.26. The molecule has 154 valence electrons. The molecule has 1 N–H and O–H groups in total. The summed E-state index contributed by atoms with van der Waals surface area (Å²) in [6.07, 6.45) is 4.35. The van der Waals surface area contributed by atoms with Gasteiger partial charge in [0, 0.05) is 42.7 Å². The lowest BCUT2D eigenvalue weighted by Crippen LogP contribution is -2.51. The van der Waals surface area contributed by atoms with Gasteiger partial charge in [-0.05, 0) is 43.0 Å². The first kappa shape index (κ1) is 19.7. The number of pyridine rings is 1. The highest BCUT2D eigenvalue weighted by atomic mass is 32.2. The number of fused-ring (bicyclic) bond motifs is 2. The summed E-state index contributed by atoms with van der Waals surface area (Å²) in [4.78, 5) is 18.9. The minimum atomic E-state index is -3.69. The van der Waals surface area contributed by atoms with Gasteiger partial charge in [0.2, 0.25) is 10.0 Å². The Bertz CT molecular complexity index is 990. The molecule has 3 atom stereocenters. The summed E-state index contributed by atoms with van der Waals surface area (Å²) in [6, 6.07) is 7.64. The van der Waals surface area contributed by atoms with E-state index in [9.17, 15) is 13.2 Å².